The zero-order chi connectivity index (χ0) is 13.2. The number of H-pyrrole nitrogens is 1. The quantitative estimate of drug-likeness (QED) is 0.750. The number of pyridine rings is 1. The van der Waals surface area contributed by atoms with E-state index >= 15 is 0 Å². The second kappa shape index (κ2) is 4.74. The number of nitrogens with zero attached hydrogens (tertiary/aromatic N) is 1. The van der Waals surface area contributed by atoms with E-state index in [9.17, 15) is 4.79 Å². The van der Waals surface area contributed by atoms with Crippen LogP contribution in [0, 0.1) is 0 Å². The predicted molar refractivity (Wildman–Crippen MR) is 75.5 cm³/mol. The van der Waals surface area contributed by atoms with Gasteiger partial charge in [-0.05, 0) is 24.3 Å². The number of nitrogens with one attached hydrogen (secondary N) is 2. The van der Waals surface area contributed by atoms with E-state index in [0.717, 1.165) is 10.9 Å². The first-order chi connectivity index (χ1) is 9.25. The van der Waals surface area contributed by atoms with Gasteiger partial charge in [0.15, 0.2) is 5.82 Å². The summed E-state index contributed by atoms with van der Waals surface area (Å²) < 4.78 is 0. The van der Waals surface area contributed by atoms with Crippen LogP contribution in [-0.2, 0) is 0 Å². The summed E-state index contributed by atoms with van der Waals surface area (Å²) in [5.41, 5.74) is 1.36. The lowest BCUT2D eigenvalue weighted by Gasteiger charge is -2.06. The van der Waals surface area contributed by atoms with Gasteiger partial charge in [-0.1, -0.05) is 23.7 Å². The Kier molecular flexibility index (Phi) is 2.93. The molecule has 5 heteroatoms. The van der Waals surface area contributed by atoms with Gasteiger partial charge in [-0.25, -0.2) is 4.98 Å². The van der Waals surface area contributed by atoms with Gasteiger partial charge in [0.25, 0.3) is 5.91 Å². The van der Waals surface area contributed by atoms with Gasteiger partial charge in [0.1, 0.15) is 0 Å². The van der Waals surface area contributed by atoms with E-state index in [1.165, 1.54) is 0 Å². The van der Waals surface area contributed by atoms with Gasteiger partial charge >= 0.3 is 0 Å². The molecule has 0 radical (unpaired) electrons. The molecule has 0 saturated carbocycles. The summed E-state index contributed by atoms with van der Waals surface area (Å²) in [5.74, 6) is 0.117. The van der Waals surface area contributed by atoms with E-state index in [1.54, 1.807) is 30.6 Å². The van der Waals surface area contributed by atoms with Crippen LogP contribution < -0.4 is 5.32 Å². The lowest BCUT2D eigenvalue weighted by molar-refractivity contribution is 0.102. The minimum absolute atomic E-state index is 0.242. The summed E-state index contributed by atoms with van der Waals surface area (Å²) in [4.78, 5) is 19.3. The predicted octanol–water partition coefficient (Wildman–Crippen LogP) is 3.47. The fourth-order valence-corrected chi connectivity index (χ4v) is 2.10. The summed E-state index contributed by atoms with van der Waals surface area (Å²) in [5, 5.41) is 4.10. The number of hydrogen-bond acceptors (Lipinski definition) is 2. The molecular formula is C14H10ClN3O. The first-order valence-corrected chi connectivity index (χ1v) is 6.11. The van der Waals surface area contributed by atoms with Crippen LogP contribution in [0.1, 0.15) is 10.4 Å². The highest BCUT2D eigenvalue weighted by molar-refractivity contribution is 6.33. The largest absolute Gasteiger partial charge is 0.361 e. The smallest absolute Gasteiger partial charge is 0.258 e. The maximum atomic E-state index is 12.2. The average Bonchev–Trinajstić information content (AvgIpc) is 2.89. The van der Waals surface area contributed by atoms with Crippen molar-refractivity contribution in [1.29, 1.82) is 0 Å². The van der Waals surface area contributed by atoms with Crippen LogP contribution in [0.2, 0.25) is 5.02 Å². The monoisotopic (exact) mass is 271 g/mol. The number of fused-ring (bicyclic) bond motifs is 1. The SMILES string of the molecule is O=C(Nc1ncccc1Cl)c1cccc2cc[nH]c12. The van der Waals surface area contributed by atoms with E-state index < -0.39 is 0 Å². The Morgan fingerprint density at radius 1 is 1.21 bits per heavy atom. The molecule has 3 rings (SSSR count). The highest BCUT2D eigenvalue weighted by Gasteiger charge is 2.12. The Hall–Kier alpha value is -2.33. The van der Waals surface area contributed by atoms with Crippen LogP contribution in [0.15, 0.2) is 48.8 Å². The van der Waals surface area contributed by atoms with Gasteiger partial charge in [0, 0.05) is 17.8 Å². The molecule has 2 heterocycles. The third-order valence-corrected chi connectivity index (χ3v) is 3.13. The molecule has 0 aliphatic carbocycles. The molecule has 94 valence electrons. The molecule has 0 fully saturated rings. The molecule has 0 aliphatic heterocycles. The molecule has 0 saturated heterocycles. The molecule has 2 aromatic heterocycles. The first kappa shape index (κ1) is 11.7. The van der Waals surface area contributed by atoms with E-state index in [4.69, 9.17) is 11.6 Å². The van der Waals surface area contributed by atoms with Crippen molar-refractivity contribution in [1.82, 2.24) is 9.97 Å². The Balaban J connectivity index is 1.97. The molecular weight excluding hydrogens is 262 g/mol. The number of para-hydroxylation sites is 1. The average molecular weight is 272 g/mol. The maximum Gasteiger partial charge on any atom is 0.258 e. The Bertz CT molecular complexity index is 751. The number of aromatic nitrogens is 2. The minimum atomic E-state index is -0.242. The summed E-state index contributed by atoms with van der Waals surface area (Å²) in [7, 11) is 0. The van der Waals surface area contributed by atoms with E-state index in [1.807, 2.05) is 18.2 Å². The normalized spacial score (nSPS) is 10.6. The third kappa shape index (κ3) is 2.18. The molecule has 1 amide bonds. The van der Waals surface area contributed by atoms with Crippen molar-refractivity contribution in [3.05, 3.63) is 59.4 Å². The molecule has 19 heavy (non-hydrogen) atoms. The van der Waals surface area contributed by atoms with Crippen molar-refractivity contribution in [2.45, 2.75) is 0 Å². The van der Waals surface area contributed by atoms with Crippen molar-refractivity contribution < 1.29 is 4.79 Å². The number of benzene rings is 1. The molecule has 0 atom stereocenters. The molecule has 4 nitrogen and oxygen atoms in total. The highest BCUT2D eigenvalue weighted by atomic mass is 35.5. The third-order valence-electron chi connectivity index (χ3n) is 2.82. The van der Waals surface area contributed by atoms with Gasteiger partial charge in [-0.2, -0.15) is 0 Å². The van der Waals surface area contributed by atoms with Crippen molar-refractivity contribution in [3.63, 3.8) is 0 Å². The lowest BCUT2D eigenvalue weighted by Crippen LogP contribution is -2.13. The zero-order valence-electron chi connectivity index (χ0n) is 9.85. The zero-order valence-corrected chi connectivity index (χ0v) is 10.6. The molecule has 0 unspecified atom stereocenters. The Morgan fingerprint density at radius 3 is 2.95 bits per heavy atom. The van der Waals surface area contributed by atoms with E-state index in [-0.39, 0.29) is 5.91 Å². The van der Waals surface area contributed by atoms with Crippen LogP contribution in [0.4, 0.5) is 5.82 Å². The van der Waals surface area contributed by atoms with Gasteiger partial charge in [-0.3, -0.25) is 4.79 Å². The molecule has 2 N–H and O–H groups in total. The van der Waals surface area contributed by atoms with Crippen molar-refractivity contribution in [2.75, 3.05) is 5.32 Å². The number of aromatic amines is 1. The van der Waals surface area contributed by atoms with E-state index in [2.05, 4.69) is 15.3 Å². The number of amides is 1. The second-order valence-corrected chi connectivity index (χ2v) is 4.44. The fraction of sp³-hybridized carbons (Fsp3) is 0. The molecule has 3 aromatic rings. The summed E-state index contributed by atoms with van der Waals surface area (Å²) in [6, 6.07) is 10.8. The van der Waals surface area contributed by atoms with Gasteiger partial charge in [0.05, 0.1) is 16.1 Å². The number of halogens is 1. The number of hydrogen-bond donors (Lipinski definition) is 2. The van der Waals surface area contributed by atoms with Crippen LogP contribution >= 0.6 is 11.6 Å². The number of carbonyl (C=O) groups is 1. The summed E-state index contributed by atoms with van der Waals surface area (Å²) in [6.45, 7) is 0. The van der Waals surface area contributed by atoms with Crippen molar-refractivity contribution >= 4 is 34.2 Å². The van der Waals surface area contributed by atoms with E-state index in [0.29, 0.717) is 16.4 Å². The van der Waals surface area contributed by atoms with Gasteiger partial charge < -0.3 is 10.3 Å². The maximum absolute atomic E-state index is 12.2. The van der Waals surface area contributed by atoms with Crippen molar-refractivity contribution in [2.24, 2.45) is 0 Å². The summed E-state index contributed by atoms with van der Waals surface area (Å²) in [6.07, 6.45) is 3.38. The molecule has 1 aromatic carbocycles. The van der Waals surface area contributed by atoms with Crippen LogP contribution in [0.25, 0.3) is 10.9 Å². The Morgan fingerprint density at radius 2 is 2.11 bits per heavy atom. The fourth-order valence-electron chi connectivity index (χ4n) is 1.93. The lowest BCUT2D eigenvalue weighted by atomic mass is 10.1. The summed E-state index contributed by atoms with van der Waals surface area (Å²) >= 11 is 5.97. The standard InChI is InChI=1S/C14H10ClN3O/c15-11-5-2-7-17-13(11)18-14(19)10-4-1-3-9-6-8-16-12(9)10/h1-8,16H,(H,17,18,19). The minimum Gasteiger partial charge on any atom is -0.361 e. The Labute approximate surface area is 114 Å². The van der Waals surface area contributed by atoms with Gasteiger partial charge in [-0.15, -0.1) is 0 Å². The molecule has 0 bridgehead atoms. The number of carbonyl (C=O) groups excluding carboxylic acids is 1. The first-order valence-electron chi connectivity index (χ1n) is 5.73. The second-order valence-electron chi connectivity index (χ2n) is 4.04. The van der Waals surface area contributed by atoms with Crippen LogP contribution in [-0.4, -0.2) is 15.9 Å². The molecule has 0 spiro atoms. The van der Waals surface area contributed by atoms with Crippen LogP contribution in [0.5, 0.6) is 0 Å². The highest BCUT2D eigenvalue weighted by Crippen LogP contribution is 2.21. The number of anilines is 1. The van der Waals surface area contributed by atoms with Gasteiger partial charge in [0.2, 0.25) is 0 Å². The molecule has 0 aliphatic rings. The van der Waals surface area contributed by atoms with Crippen molar-refractivity contribution in [3.8, 4) is 0 Å². The van der Waals surface area contributed by atoms with Crippen LogP contribution in [0.3, 0.4) is 0 Å². The number of rotatable bonds is 2. The topological polar surface area (TPSA) is 57.8 Å².